The molecule has 2 aromatic carbocycles. The highest BCUT2D eigenvalue weighted by Gasteiger charge is 2.30. The fourth-order valence-electron chi connectivity index (χ4n) is 2.97. The molecule has 0 fully saturated rings. The largest absolute Gasteiger partial charge is 0.490 e. The molecule has 6 nitrogen and oxygen atoms in total. The number of nitrogens with one attached hydrogen (secondary N) is 1. The number of ether oxygens (including phenoxy) is 2. The first-order valence-corrected chi connectivity index (χ1v) is 10.2. The number of rotatable bonds is 8. The second kappa shape index (κ2) is 11.0. The van der Waals surface area contributed by atoms with E-state index >= 15 is 0 Å². The van der Waals surface area contributed by atoms with Crippen LogP contribution >= 0.6 is 0 Å². The summed E-state index contributed by atoms with van der Waals surface area (Å²) < 4.78 is 49.7. The van der Waals surface area contributed by atoms with Gasteiger partial charge in [0.05, 0.1) is 23.4 Å². The van der Waals surface area contributed by atoms with Crippen LogP contribution in [0.15, 0.2) is 66.9 Å². The molecule has 0 unspecified atom stereocenters. The Morgan fingerprint density at radius 3 is 2.59 bits per heavy atom. The van der Waals surface area contributed by atoms with Gasteiger partial charge in [0.15, 0.2) is 18.1 Å². The third-order valence-electron chi connectivity index (χ3n) is 4.47. The molecule has 0 atom stereocenters. The molecule has 0 radical (unpaired) electrons. The van der Waals surface area contributed by atoms with Crippen LogP contribution in [0.4, 0.5) is 18.9 Å². The lowest BCUT2D eigenvalue weighted by atomic mass is 10.1. The summed E-state index contributed by atoms with van der Waals surface area (Å²) in [6, 6.07) is 16.6. The molecule has 34 heavy (non-hydrogen) atoms. The van der Waals surface area contributed by atoms with Gasteiger partial charge in [-0.05, 0) is 61.0 Å². The molecule has 1 N–H and O–H groups in total. The average molecular weight is 467 g/mol. The summed E-state index contributed by atoms with van der Waals surface area (Å²) in [5.41, 5.74) is 0.682. The number of carbonyl (C=O) groups is 1. The van der Waals surface area contributed by atoms with Crippen molar-refractivity contribution in [3.8, 4) is 17.6 Å². The average Bonchev–Trinajstić information content (AvgIpc) is 2.82. The van der Waals surface area contributed by atoms with Crippen LogP contribution in [-0.2, 0) is 11.0 Å². The predicted octanol–water partition coefficient (Wildman–Crippen LogP) is 5.58. The van der Waals surface area contributed by atoms with Gasteiger partial charge in [0, 0.05) is 11.9 Å². The minimum atomic E-state index is -4.51. The van der Waals surface area contributed by atoms with E-state index in [0.29, 0.717) is 29.2 Å². The number of nitrogens with zero attached hydrogens (tertiary/aromatic N) is 2. The van der Waals surface area contributed by atoms with E-state index in [0.717, 1.165) is 12.1 Å². The van der Waals surface area contributed by atoms with E-state index in [-0.39, 0.29) is 11.4 Å². The Kier molecular flexibility index (Phi) is 7.88. The number of allylic oxidation sites excluding steroid dienone is 1. The fraction of sp³-hybridized carbons (Fsp3) is 0.160. The van der Waals surface area contributed by atoms with Crippen LogP contribution < -0.4 is 14.8 Å². The zero-order valence-electron chi connectivity index (χ0n) is 18.1. The highest BCUT2D eigenvalue weighted by atomic mass is 19.4. The van der Waals surface area contributed by atoms with Gasteiger partial charge >= 0.3 is 6.18 Å². The van der Waals surface area contributed by atoms with Gasteiger partial charge < -0.3 is 14.8 Å². The van der Waals surface area contributed by atoms with Crippen LogP contribution in [0, 0.1) is 11.3 Å². The summed E-state index contributed by atoms with van der Waals surface area (Å²) in [5, 5.41) is 11.9. The highest BCUT2D eigenvalue weighted by Crippen LogP contribution is 2.31. The van der Waals surface area contributed by atoms with Crippen LogP contribution in [0.1, 0.15) is 23.7 Å². The van der Waals surface area contributed by atoms with E-state index in [1.807, 2.05) is 0 Å². The highest BCUT2D eigenvalue weighted by molar-refractivity contribution is 5.92. The third kappa shape index (κ3) is 6.59. The van der Waals surface area contributed by atoms with Crippen molar-refractivity contribution in [1.29, 1.82) is 5.26 Å². The minimum Gasteiger partial charge on any atom is -0.490 e. The van der Waals surface area contributed by atoms with Crippen molar-refractivity contribution in [3.05, 3.63) is 83.7 Å². The number of benzene rings is 2. The van der Waals surface area contributed by atoms with Crippen molar-refractivity contribution in [2.45, 2.75) is 13.1 Å². The van der Waals surface area contributed by atoms with Gasteiger partial charge in [0.25, 0.3) is 5.91 Å². The summed E-state index contributed by atoms with van der Waals surface area (Å²) in [6.07, 6.45) is -1.27. The van der Waals surface area contributed by atoms with Gasteiger partial charge in [-0.3, -0.25) is 9.78 Å². The Balaban J connectivity index is 1.72. The molecule has 0 bridgehead atoms. The lowest BCUT2D eigenvalue weighted by molar-refractivity contribution is -0.137. The standard InChI is InChI=1S/C25H20F3N3O3/c1-2-33-23-13-17(12-18(15-29)21-8-3-4-11-30-21)9-10-22(23)34-16-24(32)31-20-7-5-6-19(14-20)25(26,27)28/h3-14H,2,16H2,1H3,(H,31,32)/b18-12+. The number of carbonyl (C=O) groups excluding carboxylic acids is 1. The quantitative estimate of drug-likeness (QED) is 0.437. The molecule has 0 aliphatic heterocycles. The third-order valence-corrected chi connectivity index (χ3v) is 4.47. The van der Waals surface area contributed by atoms with E-state index in [1.165, 1.54) is 12.1 Å². The van der Waals surface area contributed by atoms with E-state index in [9.17, 15) is 23.2 Å². The number of aromatic nitrogens is 1. The zero-order valence-corrected chi connectivity index (χ0v) is 18.1. The Labute approximate surface area is 194 Å². The molecule has 1 amide bonds. The molecule has 0 saturated carbocycles. The summed E-state index contributed by atoms with van der Waals surface area (Å²) in [5.74, 6) is -0.0105. The van der Waals surface area contributed by atoms with Crippen molar-refractivity contribution >= 4 is 23.2 Å². The number of halogens is 3. The fourth-order valence-corrected chi connectivity index (χ4v) is 2.97. The number of alkyl halides is 3. The molecule has 3 rings (SSSR count). The second-order valence-corrected chi connectivity index (χ2v) is 6.94. The number of hydrogen-bond acceptors (Lipinski definition) is 5. The number of anilines is 1. The van der Waals surface area contributed by atoms with Gasteiger partial charge in [-0.2, -0.15) is 18.4 Å². The van der Waals surface area contributed by atoms with Crippen LogP contribution in [-0.4, -0.2) is 24.1 Å². The molecule has 174 valence electrons. The van der Waals surface area contributed by atoms with Gasteiger partial charge in [0.2, 0.25) is 0 Å². The first-order valence-electron chi connectivity index (χ1n) is 10.2. The lowest BCUT2D eigenvalue weighted by Gasteiger charge is -2.13. The molecule has 9 heteroatoms. The number of nitriles is 1. The van der Waals surface area contributed by atoms with Crippen LogP contribution in [0.5, 0.6) is 11.5 Å². The van der Waals surface area contributed by atoms with E-state index in [4.69, 9.17) is 9.47 Å². The number of pyridine rings is 1. The van der Waals surface area contributed by atoms with Crippen LogP contribution in [0.25, 0.3) is 11.6 Å². The second-order valence-electron chi connectivity index (χ2n) is 6.94. The van der Waals surface area contributed by atoms with Gasteiger partial charge in [0.1, 0.15) is 6.07 Å². The normalized spacial score (nSPS) is 11.4. The maximum absolute atomic E-state index is 12.8. The molecule has 0 saturated heterocycles. The smallest absolute Gasteiger partial charge is 0.416 e. The predicted molar refractivity (Wildman–Crippen MR) is 121 cm³/mol. The maximum atomic E-state index is 12.8. The molecule has 0 aliphatic carbocycles. The van der Waals surface area contributed by atoms with Gasteiger partial charge in [-0.15, -0.1) is 0 Å². The summed E-state index contributed by atoms with van der Waals surface area (Å²) >= 11 is 0. The lowest BCUT2D eigenvalue weighted by Crippen LogP contribution is -2.20. The summed E-state index contributed by atoms with van der Waals surface area (Å²) in [4.78, 5) is 16.4. The number of hydrogen-bond donors (Lipinski definition) is 1. The van der Waals surface area contributed by atoms with Crippen molar-refractivity contribution < 1.29 is 27.4 Å². The molecule has 3 aromatic rings. The first-order chi connectivity index (χ1) is 16.3. The Bertz CT molecular complexity index is 1220. The summed E-state index contributed by atoms with van der Waals surface area (Å²) in [6.45, 7) is 1.66. The topological polar surface area (TPSA) is 84.2 Å². The molecular formula is C25H20F3N3O3. The molecule has 1 heterocycles. The maximum Gasteiger partial charge on any atom is 0.416 e. The molecule has 0 spiro atoms. The van der Waals surface area contributed by atoms with Crippen molar-refractivity contribution in [3.63, 3.8) is 0 Å². The SMILES string of the molecule is CCOc1cc(/C=C(\C#N)c2ccccn2)ccc1OCC(=O)Nc1cccc(C(F)(F)F)c1. The van der Waals surface area contributed by atoms with Gasteiger partial charge in [-0.1, -0.05) is 18.2 Å². The Hall–Kier alpha value is -4.32. The molecule has 0 aliphatic rings. The zero-order chi connectivity index (χ0) is 24.6. The van der Waals surface area contributed by atoms with E-state index in [2.05, 4.69) is 16.4 Å². The van der Waals surface area contributed by atoms with Crippen molar-refractivity contribution in [2.75, 3.05) is 18.5 Å². The van der Waals surface area contributed by atoms with E-state index in [1.54, 1.807) is 55.6 Å². The van der Waals surface area contributed by atoms with Gasteiger partial charge in [-0.25, -0.2) is 0 Å². The van der Waals surface area contributed by atoms with Crippen LogP contribution in [0.3, 0.4) is 0 Å². The number of amides is 1. The summed E-state index contributed by atoms with van der Waals surface area (Å²) in [7, 11) is 0. The molecule has 1 aromatic heterocycles. The minimum absolute atomic E-state index is 0.00694. The monoisotopic (exact) mass is 467 g/mol. The Morgan fingerprint density at radius 1 is 1.09 bits per heavy atom. The Morgan fingerprint density at radius 2 is 1.91 bits per heavy atom. The van der Waals surface area contributed by atoms with Crippen molar-refractivity contribution in [2.24, 2.45) is 0 Å². The van der Waals surface area contributed by atoms with E-state index < -0.39 is 24.3 Å². The molecular weight excluding hydrogens is 447 g/mol. The first kappa shape index (κ1) is 24.3. The van der Waals surface area contributed by atoms with Crippen molar-refractivity contribution in [1.82, 2.24) is 4.98 Å². The van der Waals surface area contributed by atoms with Crippen LogP contribution in [0.2, 0.25) is 0 Å².